The first-order valence-electron chi connectivity index (χ1n) is 6.85. The van der Waals surface area contributed by atoms with Crippen molar-refractivity contribution in [1.29, 1.82) is 0 Å². The lowest BCUT2D eigenvalue weighted by Gasteiger charge is -2.07. The first-order chi connectivity index (χ1) is 9.31. The second-order valence-corrected chi connectivity index (χ2v) is 7.50. The fourth-order valence-electron chi connectivity index (χ4n) is 1.91. The van der Waals surface area contributed by atoms with Crippen LogP contribution in [0.3, 0.4) is 0 Å². The van der Waals surface area contributed by atoms with Gasteiger partial charge in [0.05, 0.1) is 10.6 Å². The molecule has 0 saturated carbocycles. The Kier molecular flexibility index (Phi) is 6.20. The molecule has 0 unspecified atom stereocenters. The molecule has 1 aromatic rings. The lowest BCUT2D eigenvalue weighted by atomic mass is 10.1. The van der Waals surface area contributed by atoms with Crippen LogP contribution in [0.25, 0.3) is 0 Å². The lowest BCUT2D eigenvalue weighted by Crippen LogP contribution is -2.08. The van der Waals surface area contributed by atoms with Crippen molar-refractivity contribution in [3.8, 4) is 0 Å². The first kappa shape index (κ1) is 16.7. The van der Waals surface area contributed by atoms with Crippen LogP contribution < -0.4 is 0 Å². The van der Waals surface area contributed by atoms with Gasteiger partial charge in [-0.25, -0.2) is 8.42 Å². The van der Waals surface area contributed by atoms with Gasteiger partial charge in [-0.3, -0.25) is 4.79 Å². The quantitative estimate of drug-likeness (QED) is 0.801. The van der Waals surface area contributed by atoms with Crippen molar-refractivity contribution >= 4 is 15.8 Å². The molecule has 1 rings (SSSR count). The van der Waals surface area contributed by atoms with Gasteiger partial charge in [0.1, 0.15) is 0 Å². The van der Waals surface area contributed by atoms with Gasteiger partial charge in [-0.15, -0.1) is 0 Å². The lowest BCUT2D eigenvalue weighted by molar-refractivity contribution is -0.136. The highest BCUT2D eigenvalue weighted by molar-refractivity contribution is 7.91. The van der Waals surface area contributed by atoms with Crippen LogP contribution in [0.4, 0.5) is 0 Å². The van der Waals surface area contributed by atoms with Crippen molar-refractivity contribution in [1.82, 2.24) is 0 Å². The van der Waals surface area contributed by atoms with Gasteiger partial charge in [-0.05, 0) is 42.9 Å². The third kappa shape index (κ3) is 5.74. The highest BCUT2D eigenvalue weighted by Gasteiger charge is 2.14. The minimum Gasteiger partial charge on any atom is -0.481 e. The average molecular weight is 298 g/mol. The molecule has 0 aliphatic heterocycles. The normalized spacial score (nSPS) is 11.8. The summed E-state index contributed by atoms with van der Waals surface area (Å²) in [7, 11) is -3.22. The Labute approximate surface area is 120 Å². The van der Waals surface area contributed by atoms with Crippen LogP contribution in [-0.4, -0.2) is 25.2 Å². The van der Waals surface area contributed by atoms with Crippen molar-refractivity contribution in [3.63, 3.8) is 0 Å². The van der Waals surface area contributed by atoms with E-state index < -0.39 is 15.8 Å². The smallest absolute Gasteiger partial charge is 0.303 e. The maximum Gasteiger partial charge on any atom is 0.303 e. The second-order valence-electron chi connectivity index (χ2n) is 5.39. The molecule has 20 heavy (non-hydrogen) atoms. The molecule has 4 nitrogen and oxygen atoms in total. The van der Waals surface area contributed by atoms with E-state index in [2.05, 4.69) is 13.8 Å². The van der Waals surface area contributed by atoms with E-state index in [-0.39, 0.29) is 12.2 Å². The molecule has 0 aliphatic rings. The molecular formula is C15H22O4S. The number of carboxylic acid groups (broad SMARTS) is 1. The molecule has 1 aromatic carbocycles. The van der Waals surface area contributed by atoms with Crippen LogP contribution >= 0.6 is 0 Å². The number of aliphatic carboxylic acids is 1. The molecule has 0 aromatic heterocycles. The first-order valence-corrected chi connectivity index (χ1v) is 8.50. The number of hydrogen-bond donors (Lipinski definition) is 1. The average Bonchev–Trinajstić information content (AvgIpc) is 2.36. The van der Waals surface area contributed by atoms with Crippen molar-refractivity contribution in [2.75, 3.05) is 5.75 Å². The molecule has 0 heterocycles. The highest BCUT2D eigenvalue weighted by Crippen LogP contribution is 2.16. The summed E-state index contributed by atoms with van der Waals surface area (Å²) in [6.45, 7) is 4.15. The molecule has 5 heteroatoms. The minimum atomic E-state index is -3.22. The number of carbonyl (C=O) groups is 1. The molecule has 0 spiro atoms. The van der Waals surface area contributed by atoms with Gasteiger partial charge in [0.2, 0.25) is 0 Å². The maximum atomic E-state index is 12.1. The van der Waals surface area contributed by atoms with Gasteiger partial charge in [0.25, 0.3) is 0 Å². The Morgan fingerprint density at radius 3 is 2.30 bits per heavy atom. The summed E-state index contributed by atoms with van der Waals surface area (Å²) in [6, 6.07) is 6.53. The third-order valence-electron chi connectivity index (χ3n) is 3.10. The molecular weight excluding hydrogens is 276 g/mol. The number of aryl methyl sites for hydroxylation is 1. The Hall–Kier alpha value is -1.36. The summed E-state index contributed by atoms with van der Waals surface area (Å²) in [5, 5.41) is 8.60. The third-order valence-corrected chi connectivity index (χ3v) is 4.92. The van der Waals surface area contributed by atoms with E-state index >= 15 is 0 Å². The monoisotopic (exact) mass is 298 g/mol. The second kappa shape index (κ2) is 7.43. The van der Waals surface area contributed by atoms with Gasteiger partial charge in [0.15, 0.2) is 9.84 Å². The number of benzene rings is 1. The number of carboxylic acids is 1. The number of rotatable bonds is 8. The van der Waals surface area contributed by atoms with E-state index in [9.17, 15) is 13.2 Å². The van der Waals surface area contributed by atoms with E-state index in [1.807, 2.05) is 0 Å². The largest absolute Gasteiger partial charge is 0.481 e. The molecule has 0 bridgehead atoms. The maximum absolute atomic E-state index is 12.1. The van der Waals surface area contributed by atoms with Crippen molar-refractivity contribution in [2.45, 2.75) is 44.4 Å². The van der Waals surface area contributed by atoms with Crippen LogP contribution in [0.15, 0.2) is 29.2 Å². The zero-order valence-corrected chi connectivity index (χ0v) is 12.8. The van der Waals surface area contributed by atoms with E-state index in [1.54, 1.807) is 24.3 Å². The van der Waals surface area contributed by atoms with Crippen LogP contribution in [0, 0.1) is 5.92 Å². The van der Waals surface area contributed by atoms with E-state index in [1.165, 1.54) is 0 Å². The molecule has 0 fully saturated rings. The molecule has 0 atom stereocenters. The molecule has 112 valence electrons. The van der Waals surface area contributed by atoms with Crippen LogP contribution in [0.1, 0.15) is 38.7 Å². The molecule has 0 amide bonds. The van der Waals surface area contributed by atoms with Gasteiger partial charge in [-0.2, -0.15) is 0 Å². The van der Waals surface area contributed by atoms with Crippen LogP contribution in [0.2, 0.25) is 0 Å². The molecule has 0 aliphatic carbocycles. The predicted octanol–water partition coefficient (Wildman–Crippen LogP) is 2.91. The zero-order valence-electron chi connectivity index (χ0n) is 12.0. The van der Waals surface area contributed by atoms with Gasteiger partial charge in [0, 0.05) is 6.42 Å². The fraction of sp³-hybridized carbons (Fsp3) is 0.533. The van der Waals surface area contributed by atoms with Crippen molar-refractivity contribution in [2.24, 2.45) is 5.92 Å². The Morgan fingerprint density at radius 1 is 1.20 bits per heavy atom. The Balaban J connectivity index is 2.64. The van der Waals surface area contributed by atoms with Gasteiger partial charge < -0.3 is 5.11 Å². The van der Waals surface area contributed by atoms with Crippen molar-refractivity contribution < 1.29 is 18.3 Å². The topological polar surface area (TPSA) is 71.4 Å². The van der Waals surface area contributed by atoms with Crippen LogP contribution in [-0.2, 0) is 21.1 Å². The molecule has 0 saturated heterocycles. The van der Waals surface area contributed by atoms with Gasteiger partial charge in [-0.1, -0.05) is 26.0 Å². The summed E-state index contributed by atoms with van der Waals surface area (Å²) < 4.78 is 24.2. The Morgan fingerprint density at radius 2 is 1.80 bits per heavy atom. The van der Waals surface area contributed by atoms with E-state index in [0.717, 1.165) is 12.0 Å². The molecule has 0 radical (unpaired) electrons. The van der Waals surface area contributed by atoms with Gasteiger partial charge >= 0.3 is 5.97 Å². The number of sulfone groups is 1. The zero-order chi connectivity index (χ0) is 15.2. The standard InChI is InChI=1S/C15H22O4S/c1-12(2)4-3-11-20(18,19)14-8-5-13(6-9-14)7-10-15(16)17/h5-6,8-9,12H,3-4,7,10-11H2,1-2H3,(H,16,17). The van der Waals surface area contributed by atoms with Crippen molar-refractivity contribution in [3.05, 3.63) is 29.8 Å². The predicted molar refractivity (Wildman–Crippen MR) is 78.5 cm³/mol. The summed E-state index contributed by atoms with van der Waals surface area (Å²) in [4.78, 5) is 10.8. The summed E-state index contributed by atoms with van der Waals surface area (Å²) in [5.74, 6) is -0.182. The van der Waals surface area contributed by atoms with E-state index in [0.29, 0.717) is 23.7 Å². The summed E-state index contributed by atoms with van der Waals surface area (Å²) in [6.07, 6.45) is 2.04. The van der Waals surface area contributed by atoms with E-state index in [4.69, 9.17) is 5.11 Å². The highest BCUT2D eigenvalue weighted by atomic mass is 32.2. The molecule has 1 N–H and O–H groups in total. The summed E-state index contributed by atoms with van der Waals surface area (Å²) in [5.41, 5.74) is 0.841. The number of hydrogen-bond acceptors (Lipinski definition) is 3. The summed E-state index contributed by atoms with van der Waals surface area (Å²) >= 11 is 0. The van der Waals surface area contributed by atoms with Crippen LogP contribution in [0.5, 0.6) is 0 Å². The minimum absolute atomic E-state index is 0.0560. The SMILES string of the molecule is CC(C)CCCS(=O)(=O)c1ccc(CCC(=O)O)cc1. The Bertz CT molecular complexity index is 529. The fourth-order valence-corrected chi connectivity index (χ4v) is 3.25.